The third kappa shape index (κ3) is 3.35. The fourth-order valence-electron chi connectivity index (χ4n) is 1.78. The van der Waals surface area contributed by atoms with Crippen molar-refractivity contribution in [2.75, 3.05) is 0 Å². The maximum Gasteiger partial charge on any atom is 0.417 e. The van der Waals surface area contributed by atoms with Crippen LogP contribution in [-0.2, 0) is 12.8 Å². The van der Waals surface area contributed by atoms with Crippen LogP contribution in [0.4, 0.5) is 13.2 Å². The lowest BCUT2D eigenvalue weighted by molar-refractivity contribution is -0.139. The van der Waals surface area contributed by atoms with E-state index < -0.39 is 18.3 Å². The molecule has 2 rings (SSSR count). The summed E-state index contributed by atoms with van der Waals surface area (Å²) < 4.78 is 39.2. The highest BCUT2D eigenvalue weighted by atomic mass is 32.2. The lowest BCUT2D eigenvalue weighted by Crippen LogP contribution is -2.07. The van der Waals surface area contributed by atoms with E-state index in [1.165, 1.54) is 12.1 Å². The largest absolute Gasteiger partial charge is 0.417 e. The summed E-state index contributed by atoms with van der Waals surface area (Å²) in [7, 11) is 0. The van der Waals surface area contributed by atoms with Gasteiger partial charge in [-0.25, -0.2) is 0 Å². The van der Waals surface area contributed by atoms with Crippen molar-refractivity contribution in [3.05, 3.63) is 59.2 Å². The maximum atomic E-state index is 13.1. The number of hydrogen-bond acceptors (Lipinski definition) is 2. The SMILES string of the molecule is Cc1ccccc1Sc1ccc(CO)cc1C(F)(F)F. The minimum absolute atomic E-state index is 0.143. The topological polar surface area (TPSA) is 20.2 Å². The standard InChI is InChI=1S/C15H13F3OS/c1-10-4-2-3-5-13(10)20-14-7-6-11(9-19)8-12(14)15(16,17)18/h2-8,19H,9H2,1H3. The maximum absolute atomic E-state index is 13.1. The van der Waals surface area contributed by atoms with Crippen LogP contribution in [0.5, 0.6) is 0 Å². The summed E-state index contributed by atoms with van der Waals surface area (Å²) in [6, 6.07) is 11.2. The van der Waals surface area contributed by atoms with Gasteiger partial charge >= 0.3 is 6.18 Å². The lowest BCUT2D eigenvalue weighted by Gasteiger charge is -2.14. The van der Waals surface area contributed by atoms with Crippen LogP contribution in [0.1, 0.15) is 16.7 Å². The highest BCUT2D eigenvalue weighted by molar-refractivity contribution is 7.99. The van der Waals surface area contributed by atoms with Crippen LogP contribution in [0.2, 0.25) is 0 Å². The van der Waals surface area contributed by atoms with Crippen molar-refractivity contribution < 1.29 is 18.3 Å². The van der Waals surface area contributed by atoms with Crippen LogP contribution in [0.25, 0.3) is 0 Å². The number of aliphatic hydroxyl groups is 1. The molecule has 0 amide bonds. The van der Waals surface area contributed by atoms with E-state index in [0.717, 1.165) is 28.3 Å². The van der Waals surface area contributed by atoms with Gasteiger partial charge in [0.2, 0.25) is 0 Å². The molecule has 0 radical (unpaired) electrons. The summed E-state index contributed by atoms with van der Waals surface area (Å²) in [5, 5.41) is 8.98. The molecule has 5 heteroatoms. The third-order valence-corrected chi connectivity index (χ3v) is 4.10. The molecule has 2 aromatic carbocycles. The van der Waals surface area contributed by atoms with E-state index in [0.29, 0.717) is 0 Å². The molecule has 0 aliphatic heterocycles. The molecule has 0 saturated heterocycles. The molecule has 0 aromatic heterocycles. The summed E-state index contributed by atoms with van der Waals surface area (Å²) >= 11 is 1.09. The number of aryl methyl sites for hydroxylation is 1. The van der Waals surface area contributed by atoms with E-state index in [2.05, 4.69) is 0 Å². The summed E-state index contributed by atoms with van der Waals surface area (Å²) in [4.78, 5) is 0.929. The van der Waals surface area contributed by atoms with Crippen LogP contribution in [0.3, 0.4) is 0 Å². The summed E-state index contributed by atoms with van der Waals surface area (Å²) in [5.74, 6) is 0. The molecule has 106 valence electrons. The van der Waals surface area contributed by atoms with Gasteiger partial charge in [-0.3, -0.25) is 0 Å². The number of benzene rings is 2. The molecule has 0 bridgehead atoms. The Bertz CT molecular complexity index is 608. The van der Waals surface area contributed by atoms with Gasteiger partial charge in [0.1, 0.15) is 0 Å². The molecule has 0 spiro atoms. The second-order valence-electron chi connectivity index (χ2n) is 4.35. The van der Waals surface area contributed by atoms with Crippen LogP contribution in [-0.4, -0.2) is 5.11 Å². The van der Waals surface area contributed by atoms with Crippen molar-refractivity contribution in [1.82, 2.24) is 0 Å². The molecule has 0 aliphatic rings. The van der Waals surface area contributed by atoms with Gasteiger partial charge in [-0.05, 0) is 36.2 Å². The average Bonchev–Trinajstić information content (AvgIpc) is 2.40. The zero-order chi connectivity index (χ0) is 14.8. The van der Waals surface area contributed by atoms with Gasteiger partial charge in [0, 0.05) is 9.79 Å². The Morgan fingerprint density at radius 2 is 1.75 bits per heavy atom. The highest BCUT2D eigenvalue weighted by Crippen LogP contribution is 2.40. The van der Waals surface area contributed by atoms with Gasteiger partial charge in [0.25, 0.3) is 0 Å². The molecule has 0 atom stereocenters. The molecule has 0 unspecified atom stereocenters. The smallest absolute Gasteiger partial charge is 0.392 e. The van der Waals surface area contributed by atoms with Crippen molar-refractivity contribution in [2.45, 2.75) is 29.5 Å². The monoisotopic (exact) mass is 298 g/mol. The van der Waals surface area contributed by atoms with E-state index in [-0.39, 0.29) is 10.5 Å². The number of hydrogen-bond donors (Lipinski definition) is 1. The molecular formula is C15H13F3OS. The number of rotatable bonds is 3. The molecule has 1 nitrogen and oxygen atoms in total. The van der Waals surface area contributed by atoms with E-state index in [1.54, 1.807) is 12.1 Å². The second-order valence-corrected chi connectivity index (χ2v) is 5.44. The fraction of sp³-hybridized carbons (Fsp3) is 0.200. The molecule has 20 heavy (non-hydrogen) atoms. The quantitative estimate of drug-likeness (QED) is 0.889. The normalized spacial score (nSPS) is 11.7. The first kappa shape index (κ1) is 14.9. The second kappa shape index (κ2) is 5.89. The first-order chi connectivity index (χ1) is 9.41. The molecule has 1 N–H and O–H groups in total. The van der Waals surface area contributed by atoms with Gasteiger partial charge in [0.05, 0.1) is 12.2 Å². The first-order valence-electron chi connectivity index (χ1n) is 5.96. The zero-order valence-corrected chi connectivity index (χ0v) is 11.6. The zero-order valence-electron chi connectivity index (χ0n) is 10.7. The van der Waals surface area contributed by atoms with Crippen molar-refractivity contribution in [1.29, 1.82) is 0 Å². The van der Waals surface area contributed by atoms with Gasteiger partial charge in [-0.15, -0.1) is 0 Å². The van der Waals surface area contributed by atoms with E-state index in [4.69, 9.17) is 5.11 Å². The Labute approximate surface area is 119 Å². The number of alkyl halides is 3. The molecule has 0 fully saturated rings. The predicted molar refractivity (Wildman–Crippen MR) is 72.7 cm³/mol. The lowest BCUT2D eigenvalue weighted by atomic mass is 10.1. The highest BCUT2D eigenvalue weighted by Gasteiger charge is 2.34. The van der Waals surface area contributed by atoms with Crippen LogP contribution in [0.15, 0.2) is 52.3 Å². The van der Waals surface area contributed by atoms with Crippen molar-refractivity contribution in [2.24, 2.45) is 0 Å². The molecule has 0 heterocycles. The Morgan fingerprint density at radius 1 is 1.05 bits per heavy atom. The van der Waals surface area contributed by atoms with E-state index >= 15 is 0 Å². The van der Waals surface area contributed by atoms with Crippen molar-refractivity contribution in [3.63, 3.8) is 0 Å². The van der Waals surface area contributed by atoms with Crippen LogP contribution >= 0.6 is 11.8 Å². The predicted octanol–water partition coefficient (Wildman–Crippen LogP) is 4.66. The Kier molecular flexibility index (Phi) is 4.40. The van der Waals surface area contributed by atoms with Crippen LogP contribution in [0, 0.1) is 6.92 Å². The van der Waals surface area contributed by atoms with Crippen molar-refractivity contribution >= 4 is 11.8 Å². The van der Waals surface area contributed by atoms with Crippen molar-refractivity contribution in [3.8, 4) is 0 Å². The fourth-order valence-corrected chi connectivity index (χ4v) is 2.81. The minimum Gasteiger partial charge on any atom is -0.392 e. The molecule has 0 saturated carbocycles. The minimum atomic E-state index is -4.43. The Balaban J connectivity index is 2.44. The van der Waals surface area contributed by atoms with E-state index in [1.807, 2.05) is 19.1 Å². The van der Waals surface area contributed by atoms with Gasteiger partial charge in [0.15, 0.2) is 0 Å². The average molecular weight is 298 g/mol. The Morgan fingerprint density at radius 3 is 2.35 bits per heavy atom. The van der Waals surface area contributed by atoms with Crippen LogP contribution < -0.4 is 0 Å². The molecule has 2 aromatic rings. The van der Waals surface area contributed by atoms with E-state index in [9.17, 15) is 13.2 Å². The van der Waals surface area contributed by atoms with Gasteiger partial charge < -0.3 is 5.11 Å². The first-order valence-corrected chi connectivity index (χ1v) is 6.78. The van der Waals surface area contributed by atoms with Gasteiger partial charge in [-0.2, -0.15) is 13.2 Å². The summed E-state index contributed by atoms with van der Waals surface area (Å²) in [6.45, 7) is 1.45. The Hall–Kier alpha value is -1.46. The number of halogens is 3. The summed E-state index contributed by atoms with van der Waals surface area (Å²) in [6.07, 6.45) is -4.43. The molecular weight excluding hydrogens is 285 g/mol. The number of aliphatic hydroxyl groups excluding tert-OH is 1. The third-order valence-electron chi connectivity index (χ3n) is 2.85. The molecule has 0 aliphatic carbocycles. The summed E-state index contributed by atoms with van der Waals surface area (Å²) in [5.41, 5.74) is 0.473. The van der Waals surface area contributed by atoms with Gasteiger partial charge in [-0.1, -0.05) is 36.0 Å².